The van der Waals surface area contributed by atoms with Crippen LogP contribution >= 0.6 is 0 Å². The number of benzene rings is 2. The maximum atomic E-state index is 12.6. The van der Waals surface area contributed by atoms with E-state index in [-0.39, 0.29) is 24.2 Å². The Labute approximate surface area is 196 Å². The van der Waals surface area contributed by atoms with Crippen LogP contribution in [-0.4, -0.2) is 21.6 Å². The van der Waals surface area contributed by atoms with Gasteiger partial charge in [-0.3, -0.25) is 14.3 Å². The highest BCUT2D eigenvalue weighted by atomic mass is 16.5. The van der Waals surface area contributed by atoms with Crippen LogP contribution in [0.25, 0.3) is 0 Å². The molecule has 2 aromatic heterocycles. The number of aromatic nitrogens is 2. The van der Waals surface area contributed by atoms with E-state index in [0.29, 0.717) is 22.8 Å². The number of aryl methyl sites for hydroxylation is 3. The van der Waals surface area contributed by atoms with Crippen molar-refractivity contribution in [2.45, 2.75) is 25.9 Å². The van der Waals surface area contributed by atoms with Crippen molar-refractivity contribution >= 4 is 23.2 Å². The predicted molar refractivity (Wildman–Crippen MR) is 127 cm³/mol. The van der Waals surface area contributed by atoms with E-state index in [1.807, 2.05) is 6.07 Å². The normalized spacial score (nSPS) is 12.3. The van der Waals surface area contributed by atoms with Gasteiger partial charge in [-0.15, -0.1) is 0 Å². The Morgan fingerprint density at radius 3 is 2.41 bits per heavy atom. The number of ether oxygens (including phenoxy) is 1. The summed E-state index contributed by atoms with van der Waals surface area (Å²) in [5.74, 6) is 0.897. The van der Waals surface area contributed by atoms with Crippen LogP contribution in [-0.2, 0) is 26.5 Å². The van der Waals surface area contributed by atoms with E-state index < -0.39 is 0 Å². The number of amides is 2. The fourth-order valence-electron chi connectivity index (χ4n) is 3.93. The van der Waals surface area contributed by atoms with Crippen LogP contribution in [0.5, 0.6) is 5.75 Å². The van der Waals surface area contributed by atoms with Gasteiger partial charge in [-0.2, -0.15) is 5.10 Å². The van der Waals surface area contributed by atoms with E-state index in [9.17, 15) is 9.59 Å². The number of anilines is 2. The number of fused-ring (bicyclic) bond motifs is 1. The van der Waals surface area contributed by atoms with Gasteiger partial charge in [0.2, 0.25) is 0 Å². The van der Waals surface area contributed by atoms with Crippen LogP contribution in [0.4, 0.5) is 11.4 Å². The predicted octanol–water partition coefficient (Wildman–Crippen LogP) is 4.59. The van der Waals surface area contributed by atoms with Crippen LogP contribution in [0.2, 0.25) is 0 Å². The number of hydrogen-bond donors (Lipinski definition) is 2. The highest BCUT2D eigenvalue weighted by molar-refractivity contribution is 6.04. The van der Waals surface area contributed by atoms with E-state index in [1.54, 1.807) is 60.4 Å². The van der Waals surface area contributed by atoms with Crippen molar-refractivity contribution in [3.63, 3.8) is 0 Å². The molecule has 0 fully saturated rings. The Hall–Kier alpha value is -4.33. The molecule has 34 heavy (non-hydrogen) atoms. The van der Waals surface area contributed by atoms with Crippen molar-refractivity contribution < 1.29 is 18.7 Å². The molecule has 0 spiro atoms. The molecule has 8 heteroatoms. The van der Waals surface area contributed by atoms with Gasteiger partial charge in [0.15, 0.2) is 11.5 Å². The van der Waals surface area contributed by atoms with E-state index in [0.717, 1.165) is 18.6 Å². The number of rotatable bonds is 7. The van der Waals surface area contributed by atoms with Crippen LogP contribution in [0.1, 0.15) is 44.4 Å². The smallest absolute Gasteiger partial charge is 0.291 e. The quantitative estimate of drug-likeness (QED) is 0.424. The molecule has 8 nitrogen and oxygen atoms in total. The van der Waals surface area contributed by atoms with E-state index >= 15 is 0 Å². The fourth-order valence-corrected chi connectivity index (χ4v) is 3.93. The molecule has 0 saturated heterocycles. The van der Waals surface area contributed by atoms with Crippen molar-refractivity contribution in [2.24, 2.45) is 7.05 Å². The minimum Gasteiger partial charge on any atom is -0.486 e. The van der Waals surface area contributed by atoms with Crippen molar-refractivity contribution in [1.29, 1.82) is 0 Å². The molecule has 1 aliphatic carbocycles. The number of furan rings is 1. The van der Waals surface area contributed by atoms with E-state index in [1.165, 1.54) is 17.5 Å². The molecule has 172 valence electrons. The molecule has 2 aromatic carbocycles. The number of carbonyl (C=O) groups excluding carboxylic acids is 2. The summed E-state index contributed by atoms with van der Waals surface area (Å²) in [6.45, 7) is 0.247. The Bertz CT molecular complexity index is 1340. The topological polar surface area (TPSA) is 98.4 Å². The first-order valence-electron chi connectivity index (χ1n) is 11.1. The highest BCUT2D eigenvalue weighted by Gasteiger charge is 2.14. The molecule has 0 atom stereocenters. The molecule has 2 amide bonds. The third kappa shape index (κ3) is 4.85. The van der Waals surface area contributed by atoms with Gasteiger partial charge in [0.25, 0.3) is 11.8 Å². The fraction of sp³-hybridized carbons (Fsp3) is 0.192. The third-order valence-electron chi connectivity index (χ3n) is 5.68. The zero-order chi connectivity index (χ0) is 23.5. The number of hydrogen-bond acceptors (Lipinski definition) is 5. The van der Waals surface area contributed by atoms with Crippen LogP contribution in [0.3, 0.4) is 0 Å². The first-order chi connectivity index (χ1) is 16.5. The monoisotopic (exact) mass is 456 g/mol. The maximum Gasteiger partial charge on any atom is 0.291 e. The van der Waals surface area contributed by atoms with Gasteiger partial charge in [0.05, 0.1) is 0 Å². The molecule has 0 bridgehead atoms. The Kier molecular flexibility index (Phi) is 5.86. The summed E-state index contributed by atoms with van der Waals surface area (Å²) in [7, 11) is 1.75. The van der Waals surface area contributed by atoms with Gasteiger partial charge in [-0.25, -0.2) is 0 Å². The molecule has 1 aliphatic rings. The maximum absolute atomic E-state index is 12.6. The summed E-state index contributed by atoms with van der Waals surface area (Å²) in [4.78, 5) is 24.7. The Morgan fingerprint density at radius 1 is 0.941 bits per heavy atom. The first-order valence-corrected chi connectivity index (χ1v) is 11.1. The van der Waals surface area contributed by atoms with E-state index in [4.69, 9.17) is 9.15 Å². The molecule has 4 aromatic rings. The first kappa shape index (κ1) is 21.5. The molecular formula is C26H24N4O4. The third-order valence-corrected chi connectivity index (χ3v) is 5.68. The molecular weight excluding hydrogens is 432 g/mol. The highest BCUT2D eigenvalue weighted by Crippen LogP contribution is 2.26. The zero-order valence-corrected chi connectivity index (χ0v) is 18.7. The van der Waals surface area contributed by atoms with Crippen molar-refractivity contribution in [3.8, 4) is 5.75 Å². The van der Waals surface area contributed by atoms with Gasteiger partial charge in [0.1, 0.15) is 18.1 Å². The van der Waals surface area contributed by atoms with Crippen molar-refractivity contribution in [1.82, 2.24) is 9.78 Å². The second kappa shape index (κ2) is 9.27. The number of nitrogens with one attached hydrogen (secondary N) is 2. The summed E-state index contributed by atoms with van der Waals surface area (Å²) in [6.07, 6.45) is 5.12. The lowest BCUT2D eigenvalue weighted by atomic mass is 10.1. The summed E-state index contributed by atoms with van der Waals surface area (Å²) in [6, 6.07) is 18.0. The van der Waals surface area contributed by atoms with Crippen molar-refractivity contribution in [2.75, 3.05) is 10.6 Å². The molecule has 0 radical (unpaired) electrons. The van der Waals surface area contributed by atoms with Gasteiger partial charge in [-0.1, -0.05) is 6.07 Å². The van der Waals surface area contributed by atoms with Gasteiger partial charge < -0.3 is 19.8 Å². The minimum atomic E-state index is -0.367. The Morgan fingerprint density at radius 2 is 1.68 bits per heavy atom. The van der Waals surface area contributed by atoms with Crippen LogP contribution in [0.15, 0.2) is 71.3 Å². The lowest BCUT2D eigenvalue weighted by Crippen LogP contribution is -2.13. The van der Waals surface area contributed by atoms with Gasteiger partial charge >= 0.3 is 0 Å². The zero-order valence-electron chi connectivity index (χ0n) is 18.7. The van der Waals surface area contributed by atoms with Gasteiger partial charge in [-0.05, 0) is 85.0 Å². The summed E-state index contributed by atoms with van der Waals surface area (Å²) in [5, 5.41) is 9.63. The summed E-state index contributed by atoms with van der Waals surface area (Å²) in [5.41, 5.74) is 4.24. The summed E-state index contributed by atoms with van der Waals surface area (Å²) < 4.78 is 13.1. The number of carbonyl (C=O) groups is 2. The SMILES string of the molecule is Cn1ccc(C(=O)Nc2ccc(NC(=O)c3ccc(COc4ccc5c(c4)CCC5)o3)cc2)n1. The molecule has 2 heterocycles. The second-order valence-corrected chi connectivity index (χ2v) is 8.20. The molecule has 2 N–H and O–H groups in total. The lowest BCUT2D eigenvalue weighted by Gasteiger charge is -2.07. The molecule has 0 unspecified atom stereocenters. The standard InChI is InChI=1S/C26H24N4O4/c1-30-14-13-23(29-30)25(31)27-19-6-8-20(9-7-19)28-26(32)24-12-11-22(34-24)16-33-21-10-5-17-3-2-4-18(17)15-21/h5-15H,2-4,16H2,1H3,(H,27,31)(H,28,32). The van der Waals surface area contributed by atoms with Crippen LogP contribution in [0, 0.1) is 0 Å². The average molecular weight is 457 g/mol. The second-order valence-electron chi connectivity index (χ2n) is 8.20. The van der Waals surface area contributed by atoms with Crippen molar-refractivity contribution in [3.05, 3.63) is 95.2 Å². The molecule has 0 saturated carbocycles. The van der Waals surface area contributed by atoms with Gasteiger partial charge in [0, 0.05) is 24.6 Å². The lowest BCUT2D eigenvalue weighted by molar-refractivity contribution is 0.0990. The molecule has 5 rings (SSSR count). The Balaban J connectivity index is 1.14. The average Bonchev–Trinajstić information content (AvgIpc) is 3.59. The number of nitrogens with zero attached hydrogens (tertiary/aromatic N) is 2. The van der Waals surface area contributed by atoms with E-state index in [2.05, 4.69) is 27.9 Å². The van der Waals surface area contributed by atoms with Crippen LogP contribution < -0.4 is 15.4 Å². The largest absolute Gasteiger partial charge is 0.486 e. The summed E-state index contributed by atoms with van der Waals surface area (Å²) >= 11 is 0. The molecule has 0 aliphatic heterocycles. The minimum absolute atomic E-state index is 0.195.